The Morgan fingerprint density at radius 2 is 1.70 bits per heavy atom. The van der Waals surface area contributed by atoms with Gasteiger partial charge in [0, 0.05) is 5.56 Å². The molecule has 0 radical (unpaired) electrons. The number of benzene rings is 2. The molecule has 0 fully saturated rings. The molecule has 1 unspecified atom stereocenters. The molecule has 0 amide bonds. The zero-order chi connectivity index (χ0) is 14.9. The van der Waals surface area contributed by atoms with Crippen molar-refractivity contribution in [1.82, 2.24) is 0 Å². The van der Waals surface area contributed by atoms with Crippen molar-refractivity contribution in [2.45, 2.75) is 39.5 Å². The van der Waals surface area contributed by atoms with Gasteiger partial charge in [-0.1, -0.05) is 52.0 Å². The molecule has 3 nitrogen and oxygen atoms in total. The van der Waals surface area contributed by atoms with Gasteiger partial charge in [-0.25, -0.2) is 4.21 Å². The lowest BCUT2D eigenvalue weighted by molar-refractivity contribution is 0.437. The lowest BCUT2D eigenvalue weighted by Crippen LogP contribution is -2.03. The molecule has 108 valence electrons. The first-order chi connectivity index (χ1) is 9.41. The molecule has 0 bridgehead atoms. The molecular weight excluding hydrogens is 272 g/mol. The van der Waals surface area contributed by atoms with Gasteiger partial charge in [-0.05, 0) is 34.2 Å². The minimum absolute atomic E-state index is 0.180. The van der Waals surface area contributed by atoms with Gasteiger partial charge in [-0.2, -0.15) is 0 Å². The van der Waals surface area contributed by atoms with Crippen molar-refractivity contribution >= 4 is 22.1 Å². The number of fused-ring (bicyclic) bond motifs is 1. The molecule has 0 aliphatic carbocycles. The number of rotatable bonds is 4. The predicted octanol–water partition coefficient (Wildman–Crippen LogP) is 4.26. The summed E-state index contributed by atoms with van der Waals surface area (Å²) in [5.41, 5.74) is 2.20. The van der Waals surface area contributed by atoms with Gasteiger partial charge in [0.1, 0.15) is 17.1 Å². The Labute approximate surface area is 122 Å². The molecule has 2 aromatic rings. The zero-order valence-corrected chi connectivity index (χ0v) is 13.0. The van der Waals surface area contributed by atoms with Crippen molar-refractivity contribution in [3.05, 3.63) is 41.5 Å². The van der Waals surface area contributed by atoms with E-state index in [9.17, 15) is 8.76 Å². The molecule has 2 rings (SSSR count). The van der Waals surface area contributed by atoms with E-state index in [1.807, 2.05) is 32.0 Å². The second-order valence-corrected chi connectivity index (χ2v) is 6.09. The maximum Gasteiger partial charge on any atom is 0.143 e. The second kappa shape index (κ2) is 5.94. The average Bonchev–Trinajstić information content (AvgIpc) is 2.36. The first-order valence-corrected chi connectivity index (χ1v) is 7.75. The van der Waals surface area contributed by atoms with Crippen LogP contribution in [0.4, 0.5) is 0 Å². The molecule has 1 atom stereocenters. The van der Waals surface area contributed by atoms with Gasteiger partial charge in [0.2, 0.25) is 0 Å². The van der Waals surface area contributed by atoms with Gasteiger partial charge in [-0.15, -0.1) is 0 Å². The summed E-state index contributed by atoms with van der Waals surface area (Å²) >= 11 is -2.55. The maximum absolute atomic E-state index is 10.8. The molecule has 0 saturated carbocycles. The second-order valence-electron chi connectivity index (χ2n) is 5.52. The summed E-state index contributed by atoms with van der Waals surface area (Å²) in [7, 11) is 0. The Morgan fingerprint density at radius 1 is 1.00 bits per heavy atom. The molecule has 0 spiro atoms. The predicted molar refractivity (Wildman–Crippen MR) is 81.7 cm³/mol. The summed E-state index contributed by atoms with van der Waals surface area (Å²) in [6, 6.07) is 9.85. The lowest BCUT2D eigenvalue weighted by atomic mass is 9.90. The van der Waals surface area contributed by atoms with Crippen molar-refractivity contribution in [2.75, 3.05) is 0 Å². The monoisotopic (exact) mass is 291 g/mol. The van der Waals surface area contributed by atoms with Gasteiger partial charge in [0.15, 0.2) is 0 Å². The van der Waals surface area contributed by atoms with E-state index in [4.69, 9.17) is 4.18 Å². The fraction of sp³-hybridized carbons (Fsp3) is 0.375. The van der Waals surface area contributed by atoms with Crippen molar-refractivity contribution in [2.24, 2.45) is 0 Å². The van der Waals surface area contributed by atoms with Crippen LogP contribution in [0.1, 0.15) is 50.7 Å². The molecule has 20 heavy (non-hydrogen) atoms. The van der Waals surface area contributed by atoms with Crippen LogP contribution in [0.2, 0.25) is 0 Å². The van der Waals surface area contributed by atoms with E-state index < -0.39 is 11.4 Å². The van der Waals surface area contributed by atoms with Crippen molar-refractivity contribution in [3.8, 4) is 5.75 Å². The minimum Gasteiger partial charge on any atom is -0.740 e. The maximum atomic E-state index is 10.8. The van der Waals surface area contributed by atoms with Crippen molar-refractivity contribution < 1.29 is 12.9 Å². The van der Waals surface area contributed by atoms with E-state index in [0.29, 0.717) is 11.7 Å². The highest BCUT2D eigenvalue weighted by Gasteiger charge is 2.15. The summed E-state index contributed by atoms with van der Waals surface area (Å²) in [4.78, 5) is 0. The Morgan fingerprint density at radius 3 is 2.25 bits per heavy atom. The fourth-order valence-electron chi connectivity index (χ4n) is 2.63. The smallest absolute Gasteiger partial charge is 0.143 e. The molecule has 0 saturated heterocycles. The van der Waals surface area contributed by atoms with E-state index >= 15 is 0 Å². The third-order valence-electron chi connectivity index (χ3n) is 3.45. The summed E-state index contributed by atoms with van der Waals surface area (Å²) in [6.07, 6.45) is 0. The molecule has 0 aliphatic rings. The summed E-state index contributed by atoms with van der Waals surface area (Å²) in [5, 5.41) is 2.23. The highest BCUT2D eigenvalue weighted by molar-refractivity contribution is 7.74. The van der Waals surface area contributed by atoms with Crippen LogP contribution in [0.3, 0.4) is 0 Å². The molecule has 0 aliphatic heterocycles. The molecular formula is C16H19O3S-. The van der Waals surface area contributed by atoms with Crippen LogP contribution in [0.25, 0.3) is 10.8 Å². The third kappa shape index (κ3) is 2.86. The van der Waals surface area contributed by atoms with E-state index in [1.54, 1.807) is 6.07 Å². The van der Waals surface area contributed by atoms with Gasteiger partial charge in [0.25, 0.3) is 0 Å². The fourth-order valence-corrected chi connectivity index (χ4v) is 2.92. The average molecular weight is 291 g/mol. The Balaban J connectivity index is 2.75. The largest absolute Gasteiger partial charge is 0.740 e. The van der Waals surface area contributed by atoms with Crippen LogP contribution in [0, 0.1) is 0 Å². The van der Waals surface area contributed by atoms with Crippen LogP contribution in [-0.2, 0) is 11.4 Å². The molecule has 0 heterocycles. The van der Waals surface area contributed by atoms with Crippen LogP contribution in [0.15, 0.2) is 30.3 Å². The van der Waals surface area contributed by atoms with Gasteiger partial charge < -0.3 is 8.74 Å². The Hall–Kier alpha value is -1.39. The molecule has 2 aromatic carbocycles. The minimum atomic E-state index is -2.55. The van der Waals surface area contributed by atoms with E-state index in [2.05, 4.69) is 19.9 Å². The highest BCUT2D eigenvalue weighted by atomic mass is 32.2. The topological polar surface area (TPSA) is 49.4 Å². The summed E-state index contributed by atoms with van der Waals surface area (Å²) in [6.45, 7) is 8.39. The van der Waals surface area contributed by atoms with Crippen molar-refractivity contribution in [3.63, 3.8) is 0 Å². The molecule has 0 aromatic heterocycles. The third-order valence-corrected chi connectivity index (χ3v) is 3.77. The van der Waals surface area contributed by atoms with E-state index in [-0.39, 0.29) is 5.92 Å². The SMILES string of the molecule is CC(C)c1cccc2c(C(C)C)c(OS(=O)[O-])ccc12. The Kier molecular flexibility index (Phi) is 4.45. The van der Waals surface area contributed by atoms with Gasteiger partial charge in [0.05, 0.1) is 0 Å². The first kappa shape index (κ1) is 15.0. The number of hydrogen-bond donors (Lipinski definition) is 0. The van der Waals surface area contributed by atoms with Crippen molar-refractivity contribution in [1.29, 1.82) is 0 Å². The van der Waals surface area contributed by atoms with Crippen LogP contribution in [-0.4, -0.2) is 8.76 Å². The Bertz CT molecular complexity index is 647. The van der Waals surface area contributed by atoms with E-state index in [0.717, 1.165) is 16.3 Å². The lowest BCUT2D eigenvalue weighted by Gasteiger charge is -2.19. The quantitative estimate of drug-likeness (QED) is 0.791. The standard InChI is InChI=1S/C16H20O3S/c1-10(2)12-6-5-7-14-13(12)8-9-15(19-20(17)18)16(14)11(3)4/h5-11H,1-4H3,(H,17,18)/p-1. The van der Waals surface area contributed by atoms with Gasteiger partial charge in [-0.3, -0.25) is 0 Å². The van der Waals surface area contributed by atoms with Crippen LogP contribution in [0.5, 0.6) is 5.75 Å². The number of hydrogen-bond acceptors (Lipinski definition) is 3. The molecule has 0 N–H and O–H groups in total. The highest BCUT2D eigenvalue weighted by Crippen LogP contribution is 2.37. The van der Waals surface area contributed by atoms with Crippen LogP contribution < -0.4 is 4.18 Å². The molecule has 4 heteroatoms. The van der Waals surface area contributed by atoms with E-state index in [1.165, 1.54) is 5.56 Å². The van der Waals surface area contributed by atoms with Gasteiger partial charge >= 0.3 is 0 Å². The summed E-state index contributed by atoms with van der Waals surface area (Å²) in [5.74, 6) is 1.01. The normalized spacial score (nSPS) is 13.2. The van der Waals surface area contributed by atoms with Crippen LogP contribution >= 0.6 is 0 Å². The zero-order valence-electron chi connectivity index (χ0n) is 12.2. The summed E-state index contributed by atoms with van der Waals surface area (Å²) < 4.78 is 26.6. The first-order valence-electron chi connectivity index (χ1n) is 6.75.